The maximum atomic E-state index is 12.8. The van der Waals surface area contributed by atoms with Crippen LogP contribution in [0.25, 0.3) is 0 Å². The topological polar surface area (TPSA) is 55.6 Å². The molecule has 0 aliphatic rings. The summed E-state index contributed by atoms with van der Waals surface area (Å²) < 4.78 is 39.8. The summed E-state index contributed by atoms with van der Waals surface area (Å²) >= 11 is 0. The van der Waals surface area contributed by atoms with Crippen LogP contribution in [-0.2, 0) is 19.8 Å². The molecule has 0 fully saturated rings. The molecule has 21 heavy (non-hydrogen) atoms. The third-order valence-corrected chi connectivity index (χ3v) is 3.15. The Bertz CT molecular complexity index is 619. The minimum atomic E-state index is -4.34. The summed E-state index contributed by atoms with van der Waals surface area (Å²) in [6.45, 7) is 4.05. The Morgan fingerprint density at radius 3 is 2.52 bits per heavy atom. The van der Waals surface area contributed by atoms with Gasteiger partial charge in [-0.05, 0) is 40.1 Å². The average molecular weight is 299 g/mol. The fourth-order valence-electron chi connectivity index (χ4n) is 1.95. The molecule has 0 saturated carbocycles. The first-order valence-electron chi connectivity index (χ1n) is 6.45. The molecule has 1 aromatic carbocycles. The van der Waals surface area contributed by atoms with Crippen LogP contribution in [0.2, 0.25) is 0 Å². The predicted octanol–water partition coefficient (Wildman–Crippen LogP) is 2.96. The lowest BCUT2D eigenvalue weighted by Crippen LogP contribution is -2.11. The van der Waals surface area contributed by atoms with E-state index >= 15 is 0 Å². The number of hydrogen-bond donors (Lipinski definition) is 1. The molecular formula is C13H16F3N5. The molecule has 0 spiro atoms. The van der Waals surface area contributed by atoms with Gasteiger partial charge in [0, 0.05) is 12.7 Å². The van der Waals surface area contributed by atoms with Gasteiger partial charge in [0.05, 0.1) is 12.1 Å². The van der Waals surface area contributed by atoms with Gasteiger partial charge in [0.25, 0.3) is 0 Å². The molecule has 8 heteroatoms. The molecule has 114 valence electrons. The molecule has 1 N–H and O–H groups in total. The first-order chi connectivity index (χ1) is 9.79. The highest BCUT2D eigenvalue weighted by Gasteiger charge is 2.31. The van der Waals surface area contributed by atoms with Crippen molar-refractivity contribution in [3.8, 4) is 0 Å². The van der Waals surface area contributed by atoms with Gasteiger partial charge in [-0.15, -0.1) is 5.10 Å². The maximum Gasteiger partial charge on any atom is 0.416 e. The van der Waals surface area contributed by atoms with Crippen LogP contribution >= 0.6 is 0 Å². The summed E-state index contributed by atoms with van der Waals surface area (Å²) in [5.41, 5.74) is 0.623. The van der Waals surface area contributed by atoms with Crippen LogP contribution in [0.4, 0.5) is 18.9 Å². The summed E-state index contributed by atoms with van der Waals surface area (Å²) in [5.74, 6) is 0.567. The third kappa shape index (κ3) is 3.50. The Labute approximate surface area is 120 Å². The Balaban J connectivity index is 2.25. The number of hydrogen-bond acceptors (Lipinski definition) is 4. The third-order valence-electron chi connectivity index (χ3n) is 3.15. The van der Waals surface area contributed by atoms with Gasteiger partial charge in [0.1, 0.15) is 0 Å². The van der Waals surface area contributed by atoms with Crippen molar-refractivity contribution in [2.24, 2.45) is 7.05 Å². The second-order valence-corrected chi connectivity index (χ2v) is 5.03. The van der Waals surface area contributed by atoms with Crippen molar-refractivity contribution in [3.05, 3.63) is 35.2 Å². The molecule has 2 aromatic rings. The van der Waals surface area contributed by atoms with Gasteiger partial charge in [-0.1, -0.05) is 13.8 Å². The standard InChI is InChI=1S/C13H16F3N5/c1-8(2)10-6-9(13(14,15)16)4-5-11(10)17-7-12-18-19-20-21(12)3/h4-6,8,17H,7H2,1-3H3. The van der Waals surface area contributed by atoms with Crippen molar-refractivity contribution in [2.75, 3.05) is 5.32 Å². The number of tetrazole rings is 1. The van der Waals surface area contributed by atoms with Gasteiger partial charge in [-0.2, -0.15) is 13.2 Å². The van der Waals surface area contributed by atoms with Crippen molar-refractivity contribution >= 4 is 5.69 Å². The monoisotopic (exact) mass is 299 g/mol. The molecule has 1 heterocycles. The number of alkyl halides is 3. The van der Waals surface area contributed by atoms with Crippen LogP contribution in [0.1, 0.15) is 36.7 Å². The van der Waals surface area contributed by atoms with Gasteiger partial charge >= 0.3 is 6.18 Å². The quantitative estimate of drug-likeness (QED) is 0.943. The van der Waals surface area contributed by atoms with Crippen LogP contribution < -0.4 is 5.32 Å². The predicted molar refractivity (Wildman–Crippen MR) is 71.7 cm³/mol. The van der Waals surface area contributed by atoms with Crippen LogP contribution in [0.15, 0.2) is 18.2 Å². The summed E-state index contributed by atoms with van der Waals surface area (Å²) in [4.78, 5) is 0. The van der Waals surface area contributed by atoms with Crippen molar-refractivity contribution in [1.29, 1.82) is 0 Å². The zero-order valence-corrected chi connectivity index (χ0v) is 11.9. The smallest absolute Gasteiger partial charge is 0.377 e. The van der Waals surface area contributed by atoms with E-state index in [-0.39, 0.29) is 5.92 Å². The lowest BCUT2D eigenvalue weighted by molar-refractivity contribution is -0.137. The fourth-order valence-corrected chi connectivity index (χ4v) is 1.95. The van der Waals surface area contributed by atoms with Gasteiger partial charge in [-0.25, -0.2) is 4.68 Å². The van der Waals surface area contributed by atoms with Gasteiger partial charge in [0.2, 0.25) is 0 Å². The van der Waals surface area contributed by atoms with Gasteiger partial charge in [-0.3, -0.25) is 0 Å². The van der Waals surface area contributed by atoms with Crippen molar-refractivity contribution < 1.29 is 13.2 Å². The van der Waals surface area contributed by atoms with E-state index in [0.717, 1.165) is 6.07 Å². The highest BCUT2D eigenvalue weighted by atomic mass is 19.4. The van der Waals surface area contributed by atoms with Gasteiger partial charge in [0.15, 0.2) is 5.82 Å². The van der Waals surface area contributed by atoms with Crippen LogP contribution in [0.3, 0.4) is 0 Å². The number of aryl methyl sites for hydroxylation is 1. The van der Waals surface area contributed by atoms with E-state index in [4.69, 9.17) is 0 Å². The summed E-state index contributed by atoms with van der Waals surface area (Å²) in [5, 5.41) is 14.1. The number of benzene rings is 1. The van der Waals surface area contributed by atoms with E-state index < -0.39 is 11.7 Å². The number of rotatable bonds is 4. The second-order valence-electron chi connectivity index (χ2n) is 5.03. The van der Waals surface area contributed by atoms with E-state index in [0.29, 0.717) is 23.6 Å². The molecule has 0 saturated heterocycles. The lowest BCUT2D eigenvalue weighted by Gasteiger charge is -2.17. The molecule has 0 bridgehead atoms. The molecule has 0 radical (unpaired) electrons. The molecule has 1 aromatic heterocycles. The van der Waals surface area contributed by atoms with Crippen molar-refractivity contribution in [2.45, 2.75) is 32.5 Å². The Morgan fingerprint density at radius 2 is 2.00 bits per heavy atom. The summed E-state index contributed by atoms with van der Waals surface area (Å²) in [6.07, 6.45) is -4.34. The molecule has 0 aliphatic heterocycles. The molecular weight excluding hydrogens is 283 g/mol. The Kier molecular flexibility index (Phi) is 4.15. The van der Waals surface area contributed by atoms with Gasteiger partial charge < -0.3 is 5.32 Å². The number of nitrogens with one attached hydrogen (secondary N) is 1. The SMILES string of the molecule is CC(C)c1cc(C(F)(F)F)ccc1NCc1nnnn1C. The van der Waals surface area contributed by atoms with E-state index in [1.165, 1.54) is 16.8 Å². The van der Waals surface area contributed by atoms with E-state index in [9.17, 15) is 13.2 Å². The minimum Gasteiger partial charge on any atom is -0.377 e. The number of nitrogens with zero attached hydrogens (tertiary/aromatic N) is 4. The summed E-state index contributed by atoms with van der Waals surface area (Å²) in [7, 11) is 1.70. The van der Waals surface area contributed by atoms with Crippen molar-refractivity contribution in [1.82, 2.24) is 20.2 Å². The fraction of sp³-hybridized carbons (Fsp3) is 0.462. The Hall–Kier alpha value is -2.12. The molecule has 0 unspecified atom stereocenters. The second kappa shape index (κ2) is 5.71. The minimum absolute atomic E-state index is 0.0348. The summed E-state index contributed by atoms with van der Waals surface area (Å²) in [6, 6.07) is 3.70. The first-order valence-corrected chi connectivity index (χ1v) is 6.45. The average Bonchev–Trinajstić information content (AvgIpc) is 2.80. The first kappa shape index (κ1) is 15.3. The molecule has 0 atom stereocenters. The number of anilines is 1. The molecule has 5 nitrogen and oxygen atoms in total. The zero-order valence-electron chi connectivity index (χ0n) is 11.9. The van der Waals surface area contributed by atoms with E-state index in [1.807, 2.05) is 13.8 Å². The van der Waals surface area contributed by atoms with E-state index in [2.05, 4.69) is 20.8 Å². The molecule has 2 rings (SSSR count). The largest absolute Gasteiger partial charge is 0.416 e. The Morgan fingerprint density at radius 1 is 1.29 bits per heavy atom. The maximum absolute atomic E-state index is 12.8. The van der Waals surface area contributed by atoms with Crippen LogP contribution in [0, 0.1) is 0 Å². The van der Waals surface area contributed by atoms with E-state index in [1.54, 1.807) is 7.05 Å². The number of halogens is 3. The normalized spacial score (nSPS) is 12.0. The van der Waals surface area contributed by atoms with Crippen LogP contribution in [-0.4, -0.2) is 20.2 Å². The number of aromatic nitrogens is 4. The van der Waals surface area contributed by atoms with Crippen molar-refractivity contribution in [3.63, 3.8) is 0 Å². The van der Waals surface area contributed by atoms with Crippen LogP contribution in [0.5, 0.6) is 0 Å². The molecule has 0 aliphatic carbocycles. The highest BCUT2D eigenvalue weighted by Crippen LogP contribution is 2.34. The lowest BCUT2D eigenvalue weighted by atomic mass is 9.98. The zero-order chi connectivity index (χ0) is 15.6. The highest BCUT2D eigenvalue weighted by molar-refractivity contribution is 5.54. The molecule has 0 amide bonds.